The molecular weight excluding hydrogens is 312 g/mol. The molecule has 2 aromatic heterocycles. The monoisotopic (exact) mass is 336 g/mol. The van der Waals surface area contributed by atoms with Gasteiger partial charge in [0, 0.05) is 42.3 Å². The topological polar surface area (TPSA) is 55.0 Å². The molecule has 130 valence electrons. The number of benzene rings is 1. The molecule has 0 bridgehead atoms. The van der Waals surface area contributed by atoms with Gasteiger partial charge in [0.2, 0.25) is 0 Å². The molecule has 3 rings (SSSR count). The Kier molecular flexibility index (Phi) is 6.21. The van der Waals surface area contributed by atoms with Crippen molar-refractivity contribution in [3.63, 3.8) is 0 Å². The third kappa shape index (κ3) is 5.18. The van der Waals surface area contributed by atoms with Crippen molar-refractivity contribution in [1.29, 1.82) is 0 Å². The molecule has 0 saturated heterocycles. The summed E-state index contributed by atoms with van der Waals surface area (Å²) in [4.78, 5) is 19.1. The van der Waals surface area contributed by atoms with E-state index in [0.29, 0.717) is 13.0 Å². The Balaban J connectivity index is 1.28. The van der Waals surface area contributed by atoms with Crippen LogP contribution in [-0.4, -0.2) is 22.5 Å². The Morgan fingerprint density at radius 2 is 1.96 bits per heavy atom. The van der Waals surface area contributed by atoms with Crippen molar-refractivity contribution in [3.05, 3.63) is 66.1 Å². The zero-order chi connectivity index (χ0) is 17.3. The standard InChI is InChI=1S/C21H24N2O2/c24-21(25-14-12-17-7-6-13-22-15-17)11-3-1-2-8-18-16-23-20-10-5-4-9-19(18)20/h4-7,9-10,13,15-16,23H,1-3,8,11-12,14H2. The van der Waals surface area contributed by atoms with Gasteiger partial charge in [0.05, 0.1) is 6.61 Å². The van der Waals surface area contributed by atoms with E-state index in [9.17, 15) is 4.79 Å². The fraction of sp³-hybridized carbons (Fsp3) is 0.333. The molecule has 0 atom stereocenters. The molecular formula is C21H24N2O2. The SMILES string of the molecule is O=C(CCCCCc1c[nH]c2ccccc12)OCCc1cccnc1. The number of unbranched alkanes of at least 4 members (excludes halogenated alkanes) is 2. The molecule has 0 aliphatic carbocycles. The fourth-order valence-corrected chi connectivity index (χ4v) is 3.00. The first-order chi connectivity index (χ1) is 12.3. The van der Waals surface area contributed by atoms with E-state index in [1.807, 2.05) is 18.2 Å². The van der Waals surface area contributed by atoms with Gasteiger partial charge in [-0.1, -0.05) is 30.7 Å². The number of fused-ring (bicyclic) bond motifs is 1. The van der Waals surface area contributed by atoms with Crippen LogP contribution in [0.3, 0.4) is 0 Å². The lowest BCUT2D eigenvalue weighted by Gasteiger charge is -2.05. The van der Waals surface area contributed by atoms with Gasteiger partial charge in [-0.3, -0.25) is 9.78 Å². The number of esters is 1. The third-order valence-corrected chi connectivity index (χ3v) is 4.38. The van der Waals surface area contributed by atoms with E-state index in [1.54, 1.807) is 12.4 Å². The highest BCUT2D eigenvalue weighted by Crippen LogP contribution is 2.19. The number of nitrogens with zero attached hydrogens (tertiary/aromatic N) is 1. The number of carbonyl (C=O) groups excluding carboxylic acids is 1. The van der Waals surface area contributed by atoms with Crippen molar-refractivity contribution in [2.45, 2.75) is 38.5 Å². The van der Waals surface area contributed by atoms with E-state index >= 15 is 0 Å². The van der Waals surface area contributed by atoms with E-state index < -0.39 is 0 Å². The second-order valence-corrected chi connectivity index (χ2v) is 6.25. The van der Waals surface area contributed by atoms with E-state index in [-0.39, 0.29) is 5.97 Å². The molecule has 1 aromatic carbocycles. The highest BCUT2D eigenvalue weighted by Gasteiger charge is 2.05. The Morgan fingerprint density at radius 3 is 2.84 bits per heavy atom. The third-order valence-electron chi connectivity index (χ3n) is 4.38. The summed E-state index contributed by atoms with van der Waals surface area (Å²) in [5, 5.41) is 1.30. The van der Waals surface area contributed by atoms with Crippen molar-refractivity contribution in [3.8, 4) is 0 Å². The second kappa shape index (κ2) is 9.02. The minimum atomic E-state index is -0.101. The Morgan fingerprint density at radius 1 is 1.04 bits per heavy atom. The molecule has 0 spiro atoms. The van der Waals surface area contributed by atoms with Crippen molar-refractivity contribution < 1.29 is 9.53 Å². The summed E-state index contributed by atoms with van der Waals surface area (Å²) in [7, 11) is 0. The minimum absolute atomic E-state index is 0.101. The van der Waals surface area contributed by atoms with Crippen LogP contribution in [-0.2, 0) is 22.4 Å². The number of aromatic nitrogens is 2. The van der Waals surface area contributed by atoms with Crippen molar-refractivity contribution >= 4 is 16.9 Å². The number of ether oxygens (including phenoxy) is 1. The van der Waals surface area contributed by atoms with Gasteiger partial charge >= 0.3 is 5.97 Å². The highest BCUT2D eigenvalue weighted by molar-refractivity contribution is 5.83. The number of aryl methyl sites for hydroxylation is 1. The van der Waals surface area contributed by atoms with E-state index in [1.165, 1.54) is 16.5 Å². The molecule has 0 unspecified atom stereocenters. The van der Waals surface area contributed by atoms with E-state index in [4.69, 9.17) is 4.74 Å². The molecule has 0 radical (unpaired) electrons. The molecule has 4 heteroatoms. The number of hydrogen-bond donors (Lipinski definition) is 1. The van der Waals surface area contributed by atoms with Gasteiger partial charge < -0.3 is 9.72 Å². The largest absolute Gasteiger partial charge is 0.465 e. The highest BCUT2D eigenvalue weighted by atomic mass is 16.5. The van der Waals surface area contributed by atoms with Gasteiger partial charge in [-0.05, 0) is 42.5 Å². The molecule has 1 N–H and O–H groups in total. The lowest BCUT2D eigenvalue weighted by molar-refractivity contribution is -0.143. The number of hydrogen-bond acceptors (Lipinski definition) is 3. The molecule has 0 saturated carbocycles. The van der Waals surface area contributed by atoms with Crippen LogP contribution in [0.5, 0.6) is 0 Å². The zero-order valence-electron chi connectivity index (χ0n) is 14.4. The number of nitrogens with one attached hydrogen (secondary N) is 1. The first-order valence-electron chi connectivity index (χ1n) is 8.92. The maximum Gasteiger partial charge on any atom is 0.305 e. The van der Waals surface area contributed by atoms with Gasteiger partial charge in [-0.15, -0.1) is 0 Å². The van der Waals surface area contributed by atoms with Crippen LogP contribution in [0, 0.1) is 0 Å². The van der Waals surface area contributed by atoms with Crippen molar-refractivity contribution in [2.24, 2.45) is 0 Å². The average Bonchev–Trinajstić information content (AvgIpc) is 3.06. The van der Waals surface area contributed by atoms with E-state index in [0.717, 1.165) is 37.7 Å². The fourth-order valence-electron chi connectivity index (χ4n) is 3.00. The summed E-state index contributed by atoms with van der Waals surface area (Å²) >= 11 is 0. The van der Waals surface area contributed by atoms with Crippen LogP contribution in [0.4, 0.5) is 0 Å². The number of para-hydroxylation sites is 1. The van der Waals surface area contributed by atoms with Crippen LogP contribution >= 0.6 is 0 Å². The predicted octanol–water partition coefficient (Wildman–Crippen LogP) is 4.45. The van der Waals surface area contributed by atoms with Crippen LogP contribution in [0.25, 0.3) is 10.9 Å². The number of aromatic amines is 1. The van der Waals surface area contributed by atoms with Gasteiger partial charge in [-0.25, -0.2) is 0 Å². The second-order valence-electron chi connectivity index (χ2n) is 6.25. The molecule has 25 heavy (non-hydrogen) atoms. The minimum Gasteiger partial charge on any atom is -0.465 e. The maximum atomic E-state index is 11.8. The van der Waals surface area contributed by atoms with Gasteiger partial charge in [-0.2, -0.15) is 0 Å². The number of carbonyl (C=O) groups is 1. The van der Waals surface area contributed by atoms with Gasteiger partial charge in [0.1, 0.15) is 0 Å². The zero-order valence-corrected chi connectivity index (χ0v) is 14.4. The molecule has 0 fully saturated rings. The Bertz CT molecular complexity index is 796. The molecule has 0 aliphatic rings. The summed E-state index contributed by atoms with van der Waals surface area (Å²) < 4.78 is 5.28. The molecule has 0 amide bonds. The van der Waals surface area contributed by atoms with E-state index in [2.05, 4.69) is 34.4 Å². The summed E-state index contributed by atoms with van der Waals surface area (Å²) in [5.74, 6) is -0.101. The summed E-state index contributed by atoms with van der Waals surface area (Å²) in [6.07, 6.45) is 10.9. The quantitative estimate of drug-likeness (QED) is 0.464. The van der Waals surface area contributed by atoms with Crippen LogP contribution in [0.1, 0.15) is 36.8 Å². The normalized spacial score (nSPS) is 10.9. The summed E-state index contributed by atoms with van der Waals surface area (Å²) in [6, 6.07) is 12.3. The van der Waals surface area contributed by atoms with Crippen molar-refractivity contribution in [1.82, 2.24) is 9.97 Å². The molecule has 2 heterocycles. The van der Waals surface area contributed by atoms with Gasteiger partial charge in [0.15, 0.2) is 0 Å². The maximum absolute atomic E-state index is 11.8. The number of pyridine rings is 1. The smallest absolute Gasteiger partial charge is 0.305 e. The van der Waals surface area contributed by atoms with Crippen LogP contribution < -0.4 is 0 Å². The van der Waals surface area contributed by atoms with Crippen LogP contribution in [0.15, 0.2) is 55.0 Å². The lowest BCUT2D eigenvalue weighted by atomic mass is 10.1. The first kappa shape index (κ1) is 17.2. The van der Waals surface area contributed by atoms with Crippen LogP contribution in [0.2, 0.25) is 0 Å². The predicted molar refractivity (Wildman–Crippen MR) is 99.4 cm³/mol. The number of H-pyrrole nitrogens is 1. The summed E-state index contributed by atoms with van der Waals surface area (Å²) in [5.41, 5.74) is 3.64. The Labute approximate surface area is 148 Å². The molecule has 0 aliphatic heterocycles. The van der Waals surface area contributed by atoms with Gasteiger partial charge in [0.25, 0.3) is 0 Å². The van der Waals surface area contributed by atoms with Crippen molar-refractivity contribution in [2.75, 3.05) is 6.61 Å². The molecule has 3 aromatic rings. The average molecular weight is 336 g/mol. The summed E-state index contributed by atoms with van der Waals surface area (Å²) in [6.45, 7) is 0.430. The lowest BCUT2D eigenvalue weighted by Crippen LogP contribution is -2.07. The number of rotatable bonds is 9. The Hall–Kier alpha value is -2.62. The molecule has 4 nitrogen and oxygen atoms in total. The first-order valence-corrected chi connectivity index (χ1v) is 8.92.